The lowest BCUT2D eigenvalue weighted by Crippen LogP contribution is -2.12. The minimum absolute atomic E-state index is 0.112. The van der Waals surface area contributed by atoms with E-state index in [0.29, 0.717) is 6.54 Å². The van der Waals surface area contributed by atoms with Crippen molar-refractivity contribution in [2.75, 3.05) is 5.32 Å². The summed E-state index contributed by atoms with van der Waals surface area (Å²) in [5.74, 6) is 0. The minimum Gasteiger partial charge on any atom is -0.381 e. The second-order valence-electron chi connectivity index (χ2n) is 3.91. The number of nitrogens with one attached hydrogen (secondary N) is 1. The molecule has 2 aromatic carbocycles. The number of sulfonamides is 1. The van der Waals surface area contributed by atoms with Crippen LogP contribution in [0.25, 0.3) is 0 Å². The maximum atomic E-state index is 11.2. The lowest BCUT2D eigenvalue weighted by molar-refractivity contribution is 0.598. The molecule has 2 aromatic rings. The molecule has 94 valence electrons. The Balaban J connectivity index is 2.11. The third-order valence-electron chi connectivity index (χ3n) is 2.50. The predicted octanol–water partition coefficient (Wildman–Crippen LogP) is 1.95. The molecule has 0 radical (unpaired) electrons. The molecule has 2 rings (SSSR count). The fraction of sp³-hybridized carbons (Fsp3) is 0.0769. The van der Waals surface area contributed by atoms with Crippen molar-refractivity contribution in [3.05, 3.63) is 60.2 Å². The highest BCUT2D eigenvalue weighted by Gasteiger charge is 2.07. The molecule has 0 spiro atoms. The average molecular weight is 262 g/mol. The zero-order valence-corrected chi connectivity index (χ0v) is 10.5. The fourth-order valence-electron chi connectivity index (χ4n) is 1.58. The van der Waals surface area contributed by atoms with E-state index in [1.165, 1.54) is 12.1 Å². The van der Waals surface area contributed by atoms with Gasteiger partial charge in [-0.05, 0) is 23.8 Å². The standard InChI is InChI=1S/C13H14N2O2S/c14-18(16,17)13-8-4-7-12(9-13)15-10-11-5-2-1-3-6-11/h1-9,15H,10H2,(H2,14,16,17). The van der Waals surface area contributed by atoms with Crippen molar-refractivity contribution in [2.24, 2.45) is 5.14 Å². The van der Waals surface area contributed by atoms with Crippen LogP contribution >= 0.6 is 0 Å². The molecule has 0 atom stereocenters. The smallest absolute Gasteiger partial charge is 0.238 e. The Morgan fingerprint density at radius 1 is 1.00 bits per heavy atom. The molecular formula is C13H14N2O2S. The number of primary sulfonamides is 1. The molecule has 0 heterocycles. The number of rotatable bonds is 4. The largest absolute Gasteiger partial charge is 0.381 e. The summed E-state index contributed by atoms with van der Waals surface area (Å²) in [6.07, 6.45) is 0. The summed E-state index contributed by atoms with van der Waals surface area (Å²) in [4.78, 5) is 0.112. The summed E-state index contributed by atoms with van der Waals surface area (Å²) >= 11 is 0. The molecule has 0 aliphatic heterocycles. The van der Waals surface area contributed by atoms with Crippen molar-refractivity contribution in [3.8, 4) is 0 Å². The minimum atomic E-state index is -3.65. The van der Waals surface area contributed by atoms with E-state index in [2.05, 4.69) is 5.32 Å². The van der Waals surface area contributed by atoms with Gasteiger partial charge < -0.3 is 5.32 Å². The van der Waals surface area contributed by atoms with Gasteiger partial charge in [-0.1, -0.05) is 36.4 Å². The Labute approximate surface area is 107 Å². The molecule has 3 N–H and O–H groups in total. The summed E-state index contributed by atoms with van der Waals surface area (Å²) in [5.41, 5.74) is 1.85. The van der Waals surface area contributed by atoms with Gasteiger partial charge in [-0.15, -0.1) is 0 Å². The lowest BCUT2D eigenvalue weighted by atomic mass is 10.2. The van der Waals surface area contributed by atoms with Gasteiger partial charge in [-0.2, -0.15) is 0 Å². The Bertz CT molecular complexity index is 624. The highest BCUT2D eigenvalue weighted by atomic mass is 32.2. The second-order valence-corrected chi connectivity index (χ2v) is 5.47. The molecule has 0 unspecified atom stereocenters. The van der Waals surface area contributed by atoms with Crippen molar-refractivity contribution >= 4 is 15.7 Å². The summed E-state index contributed by atoms with van der Waals surface area (Å²) in [5, 5.41) is 8.23. The SMILES string of the molecule is NS(=O)(=O)c1cccc(NCc2ccccc2)c1. The fourth-order valence-corrected chi connectivity index (χ4v) is 2.14. The van der Waals surface area contributed by atoms with Gasteiger partial charge in [0.1, 0.15) is 0 Å². The summed E-state index contributed by atoms with van der Waals surface area (Å²) in [6.45, 7) is 0.634. The first kappa shape index (κ1) is 12.6. The van der Waals surface area contributed by atoms with Crippen LogP contribution < -0.4 is 10.5 Å². The molecule has 4 nitrogen and oxygen atoms in total. The van der Waals surface area contributed by atoms with Gasteiger partial charge in [0, 0.05) is 12.2 Å². The molecule has 0 bridgehead atoms. The normalized spacial score (nSPS) is 11.2. The molecule has 0 aromatic heterocycles. The van der Waals surface area contributed by atoms with E-state index < -0.39 is 10.0 Å². The average Bonchev–Trinajstić information content (AvgIpc) is 2.37. The maximum Gasteiger partial charge on any atom is 0.238 e. The van der Waals surface area contributed by atoms with Crippen LogP contribution in [0.4, 0.5) is 5.69 Å². The molecule has 0 saturated heterocycles. The van der Waals surface area contributed by atoms with E-state index in [4.69, 9.17) is 5.14 Å². The van der Waals surface area contributed by atoms with Crippen LogP contribution in [0.1, 0.15) is 5.56 Å². The molecule has 0 saturated carbocycles. The Morgan fingerprint density at radius 3 is 2.39 bits per heavy atom. The zero-order chi connectivity index (χ0) is 13.0. The van der Waals surface area contributed by atoms with Crippen LogP contribution in [0.3, 0.4) is 0 Å². The van der Waals surface area contributed by atoms with Gasteiger partial charge in [-0.3, -0.25) is 0 Å². The first-order chi connectivity index (χ1) is 8.55. The predicted molar refractivity (Wildman–Crippen MR) is 71.6 cm³/mol. The van der Waals surface area contributed by atoms with Crippen LogP contribution in [0, 0.1) is 0 Å². The van der Waals surface area contributed by atoms with E-state index in [0.717, 1.165) is 11.3 Å². The second kappa shape index (κ2) is 5.20. The van der Waals surface area contributed by atoms with Crippen molar-refractivity contribution in [3.63, 3.8) is 0 Å². The number of hydrogen-bond acceptors (Lipinski definition) is 3. The summed E-state index contributed by atoms with van der Waals surface area (Å²) in [7, 11) is -3.65. The lowest BCUT2D eigenvalue weighted by Gasteiger charge is -2.07. The van der Waals surface area contributed by atoms with Crippen molar-refractivity contribution in [1.29, 1.82) is 0 Å². The first-order valence-electron chi connectivity index (χ1n) is 5.46. The van der Waals surface area contributed by atoms with Gasteiger partial charge in [0.05, 0.1) is 4.90 Å². The summed E-state index contributed by atoms with van der Waals surface area (Å²) < 4.78 is 22.4. The number of benzene rings is 2. The van der Waals surface area contributed by atoms with Gasteiger partial charge in [0.15, 0.2) is 0 Å². The number of hydrogen-bond donors (Lipinski definition) is 2. The summed E-state index contributed by atoms with van der Waals surface area (Å²) in [6, 6.07) is 16.3. The van der Waals surface area contributed by atoms with Gasteiger partial charge in [-0.25, -0.2) is 13.6 Å². The highest BCUT2D eigenvalue weighted by molar-refractivity contribution is 7.89. The van der Waals surface area contributed by atoms with Gasteiger partial charge in [0.2, 0.25) is 10.0 Å². The zero-order valence-electron chi connectivity index (χ0n) is 9.71. The van der Waals surface area contributed by atoms with Gasteiger partial charge in [0.25, 0.3) is 0 Å². The first-order valence-corrected chi connectivity index (χ1v) is 7.01. The van der Waals surface area contributed by atoms with Crippen molar-refractivity contribution in [2.45, 2.75) is 11.4 Å². The van der Waals surface area contributed by atoms with Crippen LogP contribution in [-0.2, 0) is 16.6 Å². The van der Waals surface area contributed by atoms with Crippen LogP contribution in [0.2, 0.25) is 0 Å². The van der Waals surface area contributed by atoms with Crippen molar-refractivity contribution in [1.82, 2.24) is 0 Å². The molecular weight excluding hydrogens is 248 g/mol. The van der Waals surface area contributed by atoms with E-state index in [9.17, 15) is 8.42 Å². The molecule has 0 aliphatic carbocycles. The molecule has 5 heteroatoms. The van der Waals surface area contributed by atoms with Gasteiger partial charge >= 0.3 is 0 Å². The number of nitrogens with two attached hydrogens (primary N) is 1. The third kappa shape index (κ3) is 3.32. The van der Waals surface area contributed by atoms with Crippen molar-refractivity contribution < 1.29 is 8.42 Å². The molecule has 0 fully saturated rings. The number of anilines is 1. The third-order valence-corrected chi connectivity index (χ3v) is 3.41. The van der Waals surface area contributed by atoms with E-state index in [1.54, 1.807) is 12.1 Å². The van der Waals surface area contributed by atoms with E-state index >= 15 is 0 Å². The Morgan fingerprint density at radius 2 is 1.72 bits per heavy atom. The molecule has 0 amide bonds. The Hall–Kier alpha value is -1.85. The topological polar surface area (TPSA) is 72.2 Å². The maximum absolute atomic E-state index is 11.2. The monoisotopic (exact) mass is 262 g/mol. The Kier molecular flexibility index (Phi) is 3.64. The highest BCUT2D eigenvalue weighted by Crippen LogP contribution is 2.15. The van der Waals surface area contributed by atoms with Crippen LogP contribution in [-0.4, -0.2) is 8.42 Å². The van der Waals surface area contributed by atoms with Crippen LogP contribution in [0.5, 0.6) is 0 Å². The van der Waals surface area contributed by atoms with Crippen LogP contribution in [0.15, 0.2) is 59.5 Å². The van der Waals surface area contributed by atoms with E-state index in [1.807, 2.05) is 30.3 Å². The quantitative estimate of drug-likeness (QED) is 0.884. The molecule has 0 aliphatic rings. The molecule has 18 heavy (non-hydrogen) atoms. The van der Waals surface area contributed by atoms with E-state index in [-0.39, 0.29) is 4.90 Å².